The van der Waals surface area contributed by atoms with Crippen molar-refractivity contribution >= 4 is 23.3 Å². The van der Waals surface area contributed by atoms with Gasteiger partial charge in [-0.15, -0.1) is 0 Å². The van der Waals surface area contributed by atoms with Crippen LogP contribution in [0.15, 0.2) is 24.3 Å². The molecule has 1 aromatic rings. The first-order chi connectivity index (χ1) is 9.16. The molecule has 1 saturated heterocycles. The molecule has 1 unspecified atom stereocenters. The lowest BCUT2D eigenvalue weighted by Gasteiger charge is -2.31. The molecule has 1 aliphatic heterocycles. The number of carbonyl (C=O) groups is 1. The van der Waals surface area contributed by atoms with Gasteiger partial charge in [-0.25, -0.2) is 4.79 Å². The van der Waals surface area contributed by atoms with E-state index in [9.17, 15) is 4.79 Å². The first-order valence-corrected chi connectivity index (χ1v) is 6.74. The molecule has 104 valence electrons. The molecule has 1 N–H and O–H groups in total. The summed E-state index contributed by atoms with van der Waals surface area (Å²) in [7, 11) is 1.42. The lowest BCUT2D eigenvalue weighted by atomic mass is 9.90. The molecule has 0 radical (unpaired) electrons. The van der Waals surface area contributed by atoms with Crippen LogP contribution in [0.5, 0.6) is 0 Å². The number of nitrogens with one attached hydrogen (secondary N) is 1. The number of benzene rings is 1. The molecule has 5 heteroatoms. The monoisotopic (exact) mass is 283 g/mol. The number of esters is 1. The van der Waals surface area contributed by atoms with Crippen LogP contribution >= 0.6 is 11.6 Å². The Hall–Kier alpha value is -1.26. The Balaban J connectivity index is 2.21. The summed E-state index contributed by atoms with van der Waals surface area (Å²) in [5, 5.41) is 3.97. The highest BCUT2D eigenvalue weighted by Gasteiger charge is 2.40. The summed E-state index contributed by atoms with van der Waals surface area (Å²) in [6.07, 6.45) is 2.13. The minimum atomic E-state index is -0.709. The normalized spacial score (nSPS) is 23.5. The summed E-state index contributed by atoms with van der Waals surface area (Å²) >= 11 is 5.87. The van der Waals surface area contributed by atoms with Crippen LogP contribution in [0.1, 0.15) is 19.3 Å². The molecule has 0 bridgehead atoms. The Bertz CT molecular complexity index is 425. The fourth-order valence-electron chi connectivity index (χ4n) is 2.33. The van der Waals surface area contributed by atoms with E-state index in [0.717, 1.165) is 12.1 Å². The van der Waals surface area contributed by atoms with E-state index in [1.165, 1.54) is 7.11 Å². The van der Waals surface area contributed by atoms with Crippen LogP contribution in [-0.4, -0.2) is 31.8 Å². The summed E-state index contributed by atoms with van der Waals surface area (Å²) in [5.74, 6) is -0.243. The van der Waals surface area contributed by atoms with Crippen molar-refractivity contribution in [1.82, 2.24) is 0 Å². The highest BCUT2D eigenvalue weighted by atomic mass is 35.5. The van der Waals surface area contributed by atoms with Crippen molar-refractivity contribution in [1.29, 1.82) is 0 Å². The van der Waals surface area contributed by atoms with Crippen molar-refractivity contribution in [2.24, 2.45) is 0 Å². The summed E-state index contributed by atoms with van der Waals surface area (Å²) in [6.45, 7) is 1.23. The van der Waals surface area contributed by atoms with Gasteiger partial charge in [0.1, 0.15) is 5.54 Å². The van der Waals surface area contributed by atoms with Crippen molar-refractivity contribution in [3.8, 4) is 0 Å². The fourth-order valence-corrected chi connectivity index (χ4v) is 2.46. The average Bonchev–Trinajstić information content (AvgIpc) is 2.67. The third kappa shape index (κ3) is 3.39. The Labute approximate surface area is 118 Å². The molecule has 19 heavy (non-hydrogen) atoms. The zero-order valence-electron chi connectivity index (χ0n) is 10.9. The van der Waals surface area contributed by atoms with Gasteiger partial charge in [0.2, 0.25) is 0 Å². The first kappa shape index (κ1) is 14.2. The van der Waals surface area contributed by atoms with Gasteiger partial charge in [-0.1, -0.05) is 11.6 Å². The van der Waals surface area contributed by atoms with Gasteiger partial charge in [-0.3, -0.25) is 0 Å². The molecule has 2 rings (SSSR count). The number of halogens is 1. The predicted octanol–water partition coefficient (Wildman–Crippen LogP) is 2.86. The predicted molar refractivity (Wildman–Crippen MR) is 74.5 cm³/mol. The summed E-state index contributed by atoms with van der Waals surface area (Å²) in [4.78, 5) is 12.1. The van der Waals surface area contributed by atoms with Crippen molar-refractivity contribution < 1.29 is 14.3 Å². The summed E-state index contributed by atoms with van der Waals surface area (Å²) in [5.41, 5.74) is 0.149. The van der Waals surface area contributed by atoms with E-state index in [1.54, 1.807) is 12.1 Å². The van der Waals surface area contributed by atoms with Crippen molar-refractivity contribution in [2.75, 3.05) is 25.6 Å². The zero-order valence-corrected chi connectivity index (χ0v) is 11.7. The number of rotatable bonds is 3. The second kappa shape index (κ2) is 6.26. The van der Waals surface area contributed by atoms with E-state index in [0.29, 0.717) is 31.1 Å². The third-order valence-electron chi connectivity index (χ3n) is 3.37. The molecular weight excluding hydrogens is 266 g/mol. The number of carbonyl (C=O) groups excluding carboxylic acids is 1. The Morgan fingerprint density at radius 3 is 2.74 bits per heavy atom. The number of hydrogen-bond donors (Lipinski definition) is 1. The van der Waals surface area contributed by atoms with E-state index in [1.807, 2.05) is 12.1 Å². The van der Waals surface area contributed by atoms with E-state index in [2.05, 4.69) is 5.32 Å². The highest BCUT2D eigenvalue weighted by molar-refractivity contribution is 6.30. The maximum Gasteiger partial charge on any atom is 0.331 e. The number of ether oxygens (including phenoxy) is 2. The average molecular weight is 284 g/mol. The quantitative estimate of drug-likeness (QED) is 0.867. The molecule has 0 aliphatic carbocycles. The van der Waals surface area contributed by atoms with Crippen LogP contribution in [0.2, 0.25) is 5.02 Å². The van der Waals surface area contributed by atoms with Gasteiger partial charge in [-0.2, -0.15) is 0 Å². The third-order valence-corrected chi connectivity index (χ3v) is 3.62. The molecule has 0 saturated carbocycles. The standard InChI is InChI=1S/C14H18ClNO3/c1-18-13(17)14(7-2-9-19-10-8-14)16-12-5-3-11(15)4-6-12/h3-6,16H,2,7-10H2,1H3. The van der Waals surface area contributed by atoms with Crippen LogP contribution < -0.4 is 5.32 Å². The van der Waals surface area contributed by atoms with Gasteiger partial charge in [0.15, 0.2) is 0 Å². The molecule has 1 atom stereocenters. The molecule has 0 amide bonds. The van der Waals surface area contributed by atoms with Gasteiger partial charge in [0.25, 0.3) is 0 Å². The molecule has 0 spiro atoms. The minimum Gasteiger partial charge on any atom is -0.467 e. The van der Waals surface area contributed by atoms with Crippen LogP contribution in [0.3, 0.4) is 0 Å². The molecule has 1 aliphatic rings. The molecular formula is C14H18ClNO3. The van der Waals surface area contributed by atoms with E-state index >= 15 is 0 Å². The molecule has 0 aromatic heterocycles. The van der Waals surface area contributed by atoms with Crippen molar-refractivity contribution in [3.63, 3.8) is 0 Å². The maximum atomic E-state index is 12.1. The first-order valence-electron chi connectivity index (χ1n) is 6.36. The second-order valence-electron chi connectivity index (χ2n) is 4.67. The Morgan fingerprint density at radius 1 is 1.32 bits per heavy atom. The van der Waals surface area contributed by atoms with Crippen LogP contribution in [0, 0.1) is 0 Å². The van der Waals surface area contributed by atoms with Crippen molar-refractivity contribution in [2.45, 2.75) is 24.8 Å². The number of hydrogen-bond acceptors (Lipinski definition) is 4. The van der Waals surface area contributed by atoms with Crippen LogP contribution in [0.25, 0.3) is 0 Å². The van der Waals surface area contributed by atoms with E-state index < -0.39 is 5.54 Å². The largest absolute Gasteiger partial charge is 0.467 e. The lowest BCUT2D eigenvalue weighted by Crippen LogP contribution is -2.47. The summed E-state index contributed by atoms with van der Waals surface area (Å²) < 4.78 is 10.4. The van der Waals surface area contributed by atoms with Gasteiger partial charge >= 0.3 is 5.97 Å². The smallest absolute Gasteiger partial charge is 0.331 e. The van der Waals surface area contributed by atoms with E-state index in [-0.39, 0.29) is 5.97 Å². The Kier molecular flexibility index (Phi) is 4.66. The Morgan fingerprint density at radius 2 is 2.05 bits per heavy atom. The number of methoxy groups -OCH3 is 1. The van der Waals surface area contributed by atoms with E-state index in [4.69, 9.17) is 21.1 Å². The minimum absolute atomic E-state index is 0.243. The fraction of sp³-hybridized carbons (Fsp3) is 0.500. The van der Waals surface area contributed by atoms with Gasteiger partial charge < -0.3 is 14.8 Å². The van der Waals surface area contributed by atoms with Gasteiger partial charge in [0, 0.05) is 30.3 Å². The van der Waals surface area contributed by atoms with Gasteiger partial charge in [0.05, 0.1) is 7.11 Å². The SMILES string of the molecule is COC(=O)C1(Nc2ccc(Cl)cc2)CCCOCC1. The molecule has 1 aromatic carbocycles. The van der Waals surface area contributed by atoms with Crippen molar-refractivity contribution in [3.05, 3.63) is 29.3 Å². The maximum absolute atomic E-state index is 12.1. The van der Waals surface area contributed by atoms with Crippen LogP contribution in [-0.2, 0) is 14.3 Å². The zero-order chi connectivity index (χ0) is 13.7. The van der Waals surface area contributed by atoms with Gasteiger partial charge in [-0.05, 0) is 37.1 Å². The topological polar surface area (TPSA) is 47.6 Å². The molecule has 1 heterocycles. The second-order valence-corrected chi connectivity index (χ2v) is 5.11. The summed E-state index contributed by atoms with van der Waals surface area (Å²) in [6, 6.07) is 7.31. The molecule has 4 nitrogen and oxygen atoms in total. The highest BCUT2D eigenvalue weighted by Crippen LogP contribution is 2.28. The molecule has 1 fully saturated rings. The number of anilines is 1. The van der Waals surface area contributed by atoms with Crippen LogP contribution in [0.4, 0.5) is 5.69 Å². The lowest BCUT2D eigenvalue weighted by molar-refractivity contribution is -0.146.